The molecule has 3 heterocycles. The molecule has 6 nitrogen and oxygen atoms in total. The molecule has 6 heteroatoms. The molecular weight excluding hydrogens is 332 g/mol. The summed E-state index contributed by atoms with van der Waals surface area (Å²) in [5, 5.41) is 42.1. The lowest BCUT2D eigenvalue weighted by Gasteiger charge is -2.50. The maximum atomic E-state index is 10.7. The van der Waals surface area contributed by atoms with Gasteiger partial charge in [0.2, 0.25) is 0 Å². The fourth-order valence-electron chi connectivity index (χ4n) is 6.08. The maximum absolute atomic E-state index is 10.7. The lowest BCUT2D eigenvalue weighted by atomic mass is 9.69. The summed E-state index contributed by atoms with van der Waals surface area (Å²) in [6.07, 6.45) is 1.71. The summed E-state index contributed by atoms with van der Waals surface area (Å²) in [6.45, 7) is 4.26. The SMILES string of the molecule is Oc1cc2c3c(c1O)-c1c(O)c(O)cc4c1[C@H]1[C@H]3[NH+](CC2)CC[NH+]1CC4. The zero-order valence-electron chi connectivity index (χ0n) is 14.3. The van der Waals surface area contributed by atoms with Gasteiger partial charge in [-0.05, 0) is 23.3 Å². The monoisotopic (exact) mass is 354 g/mol. The quantitative estimate of drug-likeness (QED) is 0.349. The van der Waals surface area contributed by atoms with E-state index >= 15 is 0 Å². The zero-order chi connectivity index (χ0) is 17.7. The molecule has 2 aromatic rings. The van der Waals surface area contributed by atoms with E-state index in [0.717, 1.165) is 61.3 Å². The van der Waals surface area contributed by atoms with E-state index < -0.39 is 0 Å². The van der Waals surface area contributed by atoms with E-state index in [4.69, 9.17) is 0 Å². The van der Waals surface area contributed by atoms with E-state index in [1.807, 2.05) is 0 Å². The van der Waals surface area contributed by atoms with Crippen molar-refractivity contribution in [2.45, 2.75) is 24.9 Å². The van der Waals surface area contributed by atoms with Crippen molar-refractivity contribution in [3.8, 4) is 34.1 Å². The highest BCUT2D eigenvalue weighted by Gasteiger charge is 2.55. The molecule has 3 aliphatic heterocycles. The van der Waals surface area contributed by atoms with Crippen LogP contribution in [0.5, 0.6) is 23.0 Å². The fourth-order valence-corrected chi connectivity index (χ4v) is 6.08. The second-order valence-corrected chi connectivity index (χ2v) is 8.16. The Bertz CT molecular complexity index is 907. The number of piperazine rings is 1. The van der Waals surface area contributed by atoms with Crippen LogP contribution in [-0.2, 0) is 12.8 Å². The second kappa shape index (κ2) is 4.64. The summed E-state index contributed by atoms with van der Waals surface area (Å²) in [4.78, 5) is 3.06. The summed E-state index contributed by atoms with van der Waals surface area (Å²) in [5.74, 6) is -0.644. The van der Waals surface area contributed by atoms with Gasteiger partial charge in [0.05, 0.1) is 13.1 Å². The predicted molar refractivity (Wildman–Crippen MR) is 92.8 cm³/mol. The van der Waals surface area contributed by atoms with Gasteiger partial charge in [-0.2, -0.15) is 0 Å². The number of phenolic OH excluding ortho intramolecular Hbond substituents is 4. The predicted octanol–water partition coefficient (Wildman–Crippen LogP) is -0.833. The first-order chi connectivity index (χ1) is 12.6. The summed E-state index contributed by atoms with van der Waals surface area (Å²) < 4.78 is 0. The number of quaternary nitrogens is 2. The molecule has 2 unspecified atom stereocenters. The minimum absolute atomic E-state index is 0.145. The molecule has 2 aromatic carbocycles. The Hall–Kier alpha value is -2.44. The highest BCUT2D eigenvalue weighted by atomic mass is 16.3. The maximum Gasteiger partial charge on any atom is 0.171 e. The van der Waals surface area contributed by atoms with Crippen LogP contribution in [0.1, 0.15) is 34.3 Å². The molecule has 1 fully saturated rings. The van der Waals surface area contributed by atoms with Gasteiger partial charge in [-0.1, -0.05) is 0 Å². The third kappa shape index (κ3) is 1.55. The molecule has 4 aliphatic rings. The van der Waals surface area contributed by atoms with Gasteiger partial charge in [-0.25, -0.2) is 0 Å². The molecule has 0 spiro atoms. The van der Waals surface area contributed by atoms with Crippen LogP contribution < -0.4 is 9.80 Å². The molecule has 0 aromatic heterocycles. The van der Waals surface area contributed by atoms with Crippen molar-refractivity contribution in [2.24, 2.45) is 0 Å². The highest BCUT2D eigenvalue weighted by molar-refractivity contribution is 5.89. The summed E-state index contributed by atoms with van der Waals surface area (Å²) >= 11 is 0. The van der Waals surface area contributed by atoms with Crippen molar-refractivity contribution in [1.82, 2.24) is 0 Å². The van der Waals surface area contributed by atoms with Gasteiger partial charge in [-0.15, -0.1) is 0 Å². The Kier molecular flexibility index (Phi) is 2.62. The average Bonchev–Trinajstić information content (AvgIpc) is 2.64. The van der Waals surface area contributed by atoms with Crippen molar-refractivity contribution >= 4 is 0 Å². The van der Waals surface area contributed by atoms with Crippen molar-refractivity contribution < 1.29 is 30.2 Å². The molecule has 0 radical (unpaired) electrons. The first kappa shape index (κ1) is 14.7. The third-order valence-electron chi connectivity index (χ3n) is 7.09. The van der Waals surface area contributed by atoms with Gasteiger partial charge in [0.25, 0.3) is 0 Å². The Morgan fingerprint density at radius 2 is 1.08 bits per heavy atom. The van der Waals surface area contributed by atoms with Gasteiger partial charge in [0, 0.05) is 35.1 Å². The number of benzene rings is 2. The van der Waals surface area contributed by atoms with Gasteiger partial charge >= 0.3 is 0 Å². The Balaban J connectivity index is 1.80. The third-order valence-corrected chi connectivity index (χ3v) is 7.09. The van der Waals surface area contributed by atoms with Crippen LogP contribution in [0, 0.1) is 0 Å². The van der Waals surface area contributed by atoms with Crippen molar-refractivity contribution in [3.63, 3.8) is 0 Å². The minimum atomic E-state index is -0.177. The first-order valence-electron chi connectivity index (χ1n) is 9.41. The van der Waals surface area contributed by atoms with Gasteiger partial charge in [0.15, 0.2) is 35.1 Å². The molecule has 4 atom stereocenters. The van der Waals surface area contributed by atoms with E-state index in [1.54, 1.807) is 12.1 Å². The summed E-state index contributed by atoms with van der Waals surface area (Å²) in [5.41, 5.74) is 5.31. The fraction of sp³-hybridized carbons (Fsp3) is 0.400. The first-order valence-corrected chi connectivity index (χ1v) is 9.41. The van der Waals surface area contributed by atoms with Crippen molar-refractivity contribution in [1.29, 1.82) is 0 Å². The molecule has 6 N–H and O–H groups in total. The largest absolute Gasteiger partial charge is 0.504 e. The number of rotatable bonds is 0. The van der Waals surface area contributed by atoms with Crippen LogP contribution in [0.4, 0.5) is 0 Å². The second-order valence-electron chi connectivity index (χ2n) is 8.16. The topological polar surface area (TPSA) is 89.8 Å². The molecule has 0 saturated carbocycles. The van der Waals surface area contributed by atoms with E-state index in [0.29, 0.717) is 11.1 Å². The number of nitrogens with one attached hydrogen (secondary N) is 2. The minimum Gasteiger partial charge on any atom is -0.504 e. The molecule has 6 rings (SSSR count). The van der Waals surface area contributed by atoms with Crippen LogP contribution in [0.25, 0.3) is 11.1 Å². The molecule has 26 heavy (non-hydrogen) atoms. The standard InChI is InChI=1S/C20H20N2O4/c23-11-7-9-1-3-21-5-6-22-4-2-10-8-12(24)20(26)16-14(10)18(22)17(21)13(9)15(16)19(11)25/h7-8,17-18,23-26H,1-6H2/p+2/t17-,18-/m0/s1. The van der Waals surface area contributed by atoms with Crippen molar-refractivity contribution in [2.75, 3.05) is 26.2 Å². The Morgan fingerprint density at radius 1 is 0.654 bits per heavy atom. The smallest absolute Gasteiger partial charge is 0.171 e. The highest BCUT2D eigenvalue weighted by Crippen LogP contribution is 2.57. The molecule has 0 amide bonds. The van der Waals surface area contributed by atoms with E-state index in [-0.39, 0.29) is 35.1 Å². The Labute approximate surface area is 150 Å². The molecule has 134 valence electrons. The molecular formula is C20H22N2O4+2. The van der Waals surface area contributed by atoms with Crippen LogP contribution in [0.3, 0.4) is 0 Å². The van der Waals surface area contributed by atoms with Crippen LogP contribution in [-0.4, -0.2) is 46.6 Å². The normalized spacial score (nSPS) is 30.0. The van der Waals surface area contributed by atoms with Crippen LogP contribution in [0.15, 0.2) is 12.1 Å². The number of phenols is 4. The summed E-state index contributed by atoms with van der Waals surface area (Å²) in [6, 6.07) is 3.85. The van der Waals surface area contributed by atoms with Crippen LogP contribution >= 0.6 is 0 Å². The Morgan fingerprint density at radius 3 is 1.50 bits per heavy atom. The number of hydrogen-bond donors (Lipinski definition) is 6. The number of aromatic hydroxyl groups is 4. The molecule has 0 bridgehead atoms. The molecule has 1 aliphatic carbocycles. The van der Waals surface area contributed by atoms with E-state index in [9.17, 15) is 20.4 Å². The summed E-state index contributed by atoms with van der Waals surface area (Å²) in [7, 11) is 0. The van der Waals surface area contributed by atoms with Gasteiger partial charge < -0.3 is 30.2 Å². The zero-order valence-corrected chi connectivity index (χ0v) is 14.3. The lowest BCUT2D eigenvalue weighted by molar-refractivity contribution is -1.06. The number of fused-ring (bicyclic) bond motifs is 1. The van der Waals surface area contributed by atoms with Gasteiger partial charge in [0.1, 0.15) is 13.1 Å². The van der Waals surface area contributed by atoms with E-state index in [1.165, 1.54) is 9.80 Å². The van der Waals surface area contributed by atoms with Crippen LogP contribution in [0.2, 0.25) is 0 Å². The number of hydrogen-bond acceptors (Lipinski definition) is 4. The van der Waals surface area contributed by atoms with Gasteiger partial charge in [-0.3, -0.25) is 0 Å². The van der Waals surface area contributed by atoms with E-state index in [2.05, 4.69) is 0 Å². The average molecular weight is 354 g/mol. The molecule has 1 saturated heterocycles. The lowest BCUT2D eigenvalue weighted by Crippen LogP contribution is -3.29. The van der Waals surface area contributed by atoms with Crippen molar-refractivity contribution in [3.05, 3.63) is 34.4 Å².